The van der Waals surface area contributed by atoms with E-state index in [1.807, 2.05) is 22.9 Å². The molecule has 0 fully saturated rings. The molecule has 0 saturated heterocycles. The van der Waals surface area contributed by atoms with Crippen molar-refractivity contribution in [1.82, 2.24) is 19.8 Å². The van der Waals surface area contributed by atoms with E-state index in [0.29, 0.717) is 26.1 Å². The Balaban J connectivity index is 1.70. The fourth-order valence-corrected chi connectivity index (χ4v) is 2.07. The van der Waals surface area contributed by atoms with Gasteiger partial charge in [-0.05, 0) is 12.1 Å². The molecule has 2 aromatic rings. The van der Waals surface area contributed by atoms with Crippen LogP contribution in [0.15, 0.2) is 41.5 Å². The van der Waals surface area contributed by atoms with Crippen LogP contribution < -0.4 is 5.32 Å². The van der Waals surface area contributed by atoms with Gasteiger partial charge < -0.3 is 24.3 Å². The highest BCUT2D eigenvalue weighted by Crippen LogP contribution is 2.08. The smallest absolute Gasteiger partial charge is 0.317 e. The zero-order valence-electron chi connectivity index (χ0n) is 12.7. The van der Waals surface area contributed by atoms with Gasteiger partial charge in [0.15, 0.2) is 0 Å². The Hall–Kier alpha value is -2.28. The summed E-state index contributed by atoms with van der Waals surface area (Å²) in [6.07, 6.45) is 7.49. The van der Waals surface area contributed by atoms with E-state index in [1.54, 1.807) is 30.7 Å². The predicted molar refractivity (Wildman–Crippen MR) is 81.2 cm³/mol. The number of furan rings is 1. The number of nitrogens with zero attached hydrogens (tertiary/aromatic N) is 3. The van der Waals surface area contributed by atoms with Crippen LogP contribution in [0.3, 0.4) is 0 Å². The lowest BCUT2D eigenvalue weighted by molar-refractivity contribution is 0.192. The fraction of sp³-hybridized carbons (Fsp3) is 0.467. The van der Waals surface area contributed by atoms with Crippen LogP contribution in [0.4, 0.5) is 4.79 Å². The molecule has 2 aromatic heterocycles. The number of aromatic nitrogens is 2. The molecule has 0 aromatic carbocycles. The molecule has 2 heterocycles. The summed E-state index contributed by atoms with van der Waals surface area (Å²) in [5.41, 5.74) is 0. The van der Waals surface area contributed by atoms with E-state index in [0.717, 1.165) is 5.76 Å². The zero-order chi connectivity index (χ0) is 15.8. The summed E-state index contributed by atoms with van der Waals surface area (Å²) < 4.78 is 7.17. The van der Waals surface area contributed by atoms with Gasteiger partial charge in [-0.3, -0.25) is 0 Å². The van der Waals surface area contributed by atoms with Crippen molar-refractivity contribution in [2.75, 3.05) is 26.7 Å². The molecule has 1 unspecified atom stereocenters. The lowest BCUT2D eigenvalue weighted by Crippen LogP contribution is -2.41. The Kier molecular flexibility index (Phi) is 6.02. The van der Waals surface area contributed by atoms with Gasteiger partial charge in [0.1, 0.15) is 5.76 Å². The van der Waals surface area contributed by atoms with E-state index >= 15 is 0 Å². The molecule has 0 saturated carbocycles. The molecule has 2 rings (SSSR count). The average Bonchev–Trinajstić information content (AvgIpc) is 3.21. The summed E-state index contributed by atoms with van der Waals surface area (Å²) in [7, 11) is 1.74. The van der Waals surface area contributed by atoms with E-state index in [4.69, 9.17) is 4.42 Å². The Morgan fingerprint density at radius 2 is 2.45 bits per heavy atom. The van der Waals surface area contributed by atoms with E-state index < -0.39 is 0 Å². The first-order valence-electron chi connectivity index (χ1n) is 7.27. The quantitative estimate of drug-likeness (QED) is 0.761. The van der Waals surface area contributed by atoms with Crippen LogP contribution in [0, 0.1) is 5.92 Å². The normalized spacial score (nSPS) is 12.1. The van der Waals surface area contributed by atoms with Gasteiger partial charge >= 0.3 is 6.03 Å². The van der Waals surface area contributed by atoms with Gasteiger partial charge in [0.05, 0.1) is 12.6 Å². The van der Waals surface area contributed by atoms with E-state index in [2.05, 4.69) is 10.3 Å². The maximum absolute atomic E-state index is 12.0. The van der Waals surface area contributed by atoms with Crippen molar-refractivity contribution >= 4 is 6.03 Å². The molecule has 22 heavy (non-hydrogen) atoms. The monoisotopic (exact) mass is 306 g/mol. The lowest BCUT2D eigenvalue weighted by atomic mass is 10.1. The predicted octanol–water partition coefficient (Wildman–Crippen LogP) is 0.969. The SMILES string of the molecule is CN(CCn1ccnc1)C(=O)NCC(CO)Cc1ccco1. The number of urea groups is 1. The number of carbonyl (C=O) groups is 1. The number of hydrogen-bond donors (Lipinski definition) is 2. The average molecular weight is 306 g/mol. The lowest BCUT2D eigenvalue weighted by Gasteiger charge is -2.20. The Morgan fingerprint density at radius 1 is 1.59 bits per heavy atom. The van der Waals surface area contributed by atoms with Crippen LogP contribution >= 0.6 is 0 Å². The molecule has 7 heteroatoms. The first kappa shape index (κ1) is 16.1. The van der Waals surface area contributed by atoms with Crippen LogP contribution in [0.5, 0.6) is 0 Å². The number of carbonyl (C=O) groups excluding carboxylic acids is 1. The highest BCUT2D eigenvalue weighted by Gasteiger charge is 2.14. The third kappa shape index (κ3) is 4.92. The van der Waals surface area contributed by atoms with Gasteiger partial charge in [0, 0.05) is 58.0 Å². The molecule has 0 spiro atoms. The molecule has 0 bridgehead atoms. The fourth-order valence-electron chi connectivity index (χ4n) is 2.07. The molecule has 1 atom stereocenters. The molecular weight excluding hydrogens is 284 g/mol. The molecule has 2 N–H and O–H groups in total. The van der Waals surface area contributed by atoms with Crippen LogP contribution in [-0.4, -0.2) is 52.3 Å². The minimum absolute atomic E-state index is 0.000267. The van der Waals surface area contributed by atoms with Crippen LogP contribution in [0.25, 0.3) is 0 Å². The van der Waals surface area contributed by atoms with Crippen molar-refractivity contribution < 1.29 is 14.3 Å². The molecule has 7 nitrogen and oxygen atoms in total. The molecule has 0 aliphatic heterocycles. The third-order valence-electron chi connectivity index (χ3n) is 3.47. The van der Waals surface area contributed by atoms with Crippen molar-refractivity contribution in [3.8, 4) is 0 Å². The Bertz CT molecular complexity index is 539. The van der Waals surface area contributed by atoms with Crippen molar-refractivity contribution in [3.63, 3.8) is 0 Å². The van der Waals surface area contributed by atoms with Gasteiger partial charge in [-0.15, -0.1) is 0 Å². The van der Waals surface area contributed by atoms with Gasteiger partial charge in [0.2, 0.25) is 0 Å². The molecular formula is C15H22N4O3. The summed E-state index contributed by atoms with van der Waals surface area (Å²) in [5, 5.41) is 12.2. The zero-order valence-corrected chi connectivity index (χ0v) is 12.7. The van der Waals surface area contributed by atoms with Crippen molar-refractivity contribution in [3.05, 3.63) is 42.9 Å². The Morgan fingerprint density at radius 3 is 3.09 bits per heavy atom. The molecule has 0 aliphatic carbocycles. The number of rotatable bonds is 8. The second kappa shape index (κ2) is 8.23. The van der Waals surface area contributed by atoms with Gasteiger partial charge in [-0.25, -0.2) is 9.78 Å². The number of aliphatic hydroxyl groups is 1. The first-order chi connectivity index (χ1) is 10.7. The summed E-state index contributed by atoms with van der Waals surface area (Å²) in [6.45, 7) is 1.69. The topological polar surface area (TPSA) is 83.5 Å². The summed E-state index contributed by atoms with van der Waals surface area (Å²) in [6, 6.07) is 3.52. The minimum atomic E-state index is -0.155. The second-order valence-electron chi connectivity index (χ2n) is 5.24. The standard InChI is InChI=1S/C15H22N4O3/c1-18(6-7-19-5-4-16-12-19)15(21)17-10-13(11-20)9-14-3-2-8-22-14/h2-5,8,12-13,20H,6-7,9-11H2,1H3,(H,17,21). The van der Waals surface area contributed by atoms with Crippen molar-refractivity contribution in [1.29, 1.82) is 0 Å². The van der Waals surface area contributed by atoms with Crippen LogP contribution in [-0.2, 0) is 13.0 Å². The number of amides is 2. The number of imidazole rings is 1. The molecule has 0 aliphatic rings. The number of aliphatic hydroxyl groups excluding tert-OH is 1. The highest BCUT2D eigenvalue weighted by atomic mass is 16.3. The first-order valence-corrected chi connectivity index (χ1v) is 7.27. The minimum Gasteiger partial charge on any atom is -0.469 e. The number of likely N-dealkylation sites (N-methyl/N-ethyl adjacent to an activating group) is 1. The van der Waals surface area contributed by atoms with Crippen molar-refractivity contribution in [2.45, 2.75) is 13.0 Å². The summed E-state index contributed by atoms with van der Waals surface area (Å²) in [4.78, 5) is 17.6. The van der Waals surface area contributed by atoms with E-state index in [-0.39, 0.29) is 18.6 Å². The maximum atomic E-state index is 12.0. The van der Waals surface area contributed by atoms with Crippen molar-refractivity contribution in [2.24, 2.45) is 5.92 Å². The second-order valence-corrected chi connectivity index (χ2v) is 5.24. The Labute approximate surface area is 129 Å². The summed E-state index contributed by atoms with van der Waals surface area (Å²) in [5.74, 6) is 0.749. The maximum Gasteiger partial charge on any atom is 0.317 e. The summed E-state index contributed by atoms with van der Waals surface area (Å²) >= 11 is 0. The third-order valence-corrected chi connectivity index (χ3v) is 3.47. The molecule has 2 amide bonds. The van der Waals surface area contributed by atoms with Crippen LogP contribution in [0.2, 0.25) is 0 Å². The van der Waals surface area contributed by atoms with Gasteiger partial charge in [-0.1, -0.05) is 0 Å². The largest absolute Gasteiger partial charge is 0.469 e. The number of hydrogen-bond acceptors (Lipinski definition) is 4. The van der Waals surface area contributed by atoms with Gasteiger partial charge in [-0.2, -0.15) is 0 Å². The molecule has 120 valence electrons. The highest BCUT2D eigenvalue weighted by molar-refractivity contribution is 5.73. The van der Waals surface area contributed by atoms with Gasteiger partial charge in [0.25, 0.3) is 0 Å². The van der Waals surface area contributed by atoms with Crippen LogP contribution in [0.1, 0.15) is 5.76 Å². The number of nitrogens with one attached hydrogen (secondary N) is 1. The van der Waals surface area contributed by atoms with E-state index in [1.165, 1.54) is 0 Å². The van der Waals surface area contributed by atoms with E-state index in [9.17, 15) is 9.90 Å². The molecule has 0 radical (unpaired) electrons.